The molecule has 0 radical (unpaired) electrons. The fraction of sp³-hybridized carbons (Fsp3) is 0.320. The van der Waals surface area contributed by atoms with Crippen molar-refractivity contribution in [3.8, 4) is 22.6 Å². The second-order valence-electron chi connectivity index (χ2n) is 9.18. The minimum atomic E-state index is -3.89. The van der Waals surface area contributed by atoms with E-state index < -0.39 is 14.9 Å². The highest BCUT2D eigenvalue weighted by Crippen LogP contribution is 2.34. The van der Waals surface area contributed by atoms with Crippen molar-refractivity contribution < 1.29 is 22.6 Å². The van der Waals surface area contributed by atoms with Crippen LogP contribution in [0.4, 0.5) is 5.69 Å². The van der Waals surface area contributed by atoms with Crippen molar-refractivity contribution in [2.75, 3.05) is 0 Å². The van der Waals surface area contributed by atoms with Crippen LogP contribution in [0.5, 0.6) is 5.75 Å². The summed E-state index contributed by atoms with van der Waals surface area (Å²) in [5, 5.41) is 23.0. The van der Waals surface area contributed by atoms with Gasteiger partial charge in [-0.3, -0.25) is 10.1 Å². The lowest BCUT2D eigenvalue weighted by atomic mass is 10.0. The molecule has 0 saturated heterocycles. The summed E-state index contributed by atoms with van der Waals surface area (Å²) in [4.78, 5) is 10.4. The van der Waals surface area contributed by atoms with Crippen molar-refractivity contribution >= 4 is 15.7 Å². The highest BCUT2D eigenvalue weighted by molar-refractivity contribution is 7.89. The molecule has 0 bridgehead atoms. The van der Waals surface area contributed by atoms with Crippen LogP contribution in [-0.2, 0) is 16.6 Å². The molecule has 0 atom stereocenters. The number of non-ortho nitro benzene ring substituents is 1. The van der Waals surface area contributed by atoms with E-state index in [-0.39, 0.29) is 29.0 Å². The van der Waals surface area contributed by atoms with Crippen LogP contribution in [0.3, 0.4) is 0 Å². The lowest BCUT2D eigenvalue weighted by Gasteiger charge is -2.16. The molecule has 12 nitrogen and oxygen atoms in total. The summed E-state index contributed by atoms with van der Waals surface area (Å²) >= 11 is 0. The number of aromatic nitrogens is 4. The molecule has 198 valence electrons. The van der Waals surface area contributed by atoms with Gasteiger partial charge in [-0.25, -0.2) is 17.8 Å². The van der Waals surface area contributed by atoms with E-state index in [1.54, 1.807) is 50.4 Å². The molecule has 0 aliphatic heterocycles. The summed E-state index contributed by atoms with van der Waals surface area (Å²) in [5.41, 5.74) is 3.06. The van der Waals surface area contributed by atoms with Crippen LogP contribution in [0.15, 0.2) is 58.1 Å². The fourth-order valence-electron chi connectivity index (χ4n) is 4.58. The van der Waals surface area contributed by atoms with Crippen LogP contribution >= 0.6 is 0 Å². The number of hydrogen-bond donors (Lipinski definition) is 1. The first-order valence-corrected chi connectivity index (χ1v) is 13.6. The van der Waals surface area contributed by atoms with Crippen molar-refractivity contribution in [1.29, 1.82) is 0 Å². The molecule has 1 N–H and O–H groups in total. The standard InChI is InChI=1S/C25H26N6O6S/c1-16-25(17(2)37-27-16)18-7-12-23(24(13-18)38(34,35)28-19-5-3-4-6-19)36-15-20-14-30(29-26-20)21-8-10-22(11-9-21)31(32)33/h7-14,19,28H,3-6,15H2,1-2H3. The average Bonchev–Trinajstić information content (AvgIpc) is 3.65. The highest BCUT2D eigenvalue weighted by atomic mass is 32.2. The first kappa shape index (κ1) is 25.5. The first-order chi connectivity index (χ1) is 18.2. The largest absolute Gasteiger partial charge is 0.486 e. The van der Waals surface area contributed by atoms with E-state index in [9.17, 15) is 18.5 Å². The van der Waals surface area contributed by atoms with Gasteiger partial charge in [-0.05, 0) is 56.5 Å². The zero-order valence-corrected chi connectivity index (χ0v) is 21.6. The third-order valence-electron chi connectivity index (χ3n) is 6.47. The summed E-state index contributed by atoms with van der Waals surface area (Å²) in [5.74, 6) is 0.766. The van der Waals surface area contributed by atoms with Crippen molar-refractivity contribution in [3.05, 3.63) is 75.9 Å². The minimum absolute atomic E-state index is 0.0182. The van der Waals surface area contributed by atoms with Crippen LogP contribution in [0.1, 0.15) is 42.8 Å². The van der Waals surface area contributed by atoms with Gasteiger partial charge >= 0.3 is 0 Å². The Kier molecular flexibility index (Phi) is 6.95. The fourth-order valence-corrected chi connectivity index (χ4v) is 6.06. The second-order valence-corrected chi connectivity index (χ2v) is 10.9. The van der Waals surface area contributed by atoms with Gasteiger partial charge in [0.05, 0.1) is 22.5 Å². The molecule has 38 heavy (non-hydrogen) atoms. The van der Waals surface area contributed by atoms with Gasteiger partial charge in [0.15, 0.2) is 0 Å². The number of hydrogen-bond acceptors (Lipinski definition) is 9. The van der Waals surface area contributed by atoms with Crippen molar-refractivity contribution in [2.24, 2.45) is 0 Å². The molecule has 1 fully saturated rings. The van der Waals surface area contributed by atoms with Gasteiger partial charge < -0.3 is 9.26 Å². The Morgan fingerprint density at radius 1 is 1.16 bits per heavy atom. The third kappa shape index (κ3) is 5.29. The molecule has 2 aromatic heterocycles. The Morgan fingerprint density at radius 2 is 1.89 bits per heavy atom. The number of nitrogens with one attached hydrogen (secondary N) is 1. The highest BCUT2D eigenvalue weighted by Gasteiger charge is 2.27. The SMILES string of the molecule is Cc1noc(C)c1-c1ccc(OCc2cn(-c3ccc([N+](=O)[O-])cc3)nn2)c(S(=O)(=O)NC2CCCC2)c1. The molecule has 1 saturated carbocycles. The molecule has 0 unspecified atom stereocenters. The molecule has 1 aliphatic carbocycles. The smallest absolute Gasteiger partial charge is 0.269 e. The molecule has 5 rings (SSSR count). The first-order valence-electron chi connectivity index (χ1n) is 12.1. The minimum Gasteiger partial charge on any atom is -0.486 e. The lowest BCUT2D eigenvalue weighted by Crippen LogP contribution is -2.33. The molecule has 2 aromatic carbocycles. The van der Waals surface area contributed by atoms with Gasteiger partial charge in [0.25, 0.3) is 5.69 Å². The number of benzene rings is 2. The van der Waals surface area contributed by atoms with E-state index in [2.05, 4.69) is 20.2 Å². The Bertz CT molecular complexity index is 1550. The summed E-state index contributed by atoms with van der Waals surface area (Å²) in [6.07, 6.45) is 5.18. The quantitative estimate of drug-likeness (QED) is 0.243. The van der Waals surface area contributed by atoms with Crippen LogP contribution in [0.25, 0.3) is 16.8 Å². The monoisotopic (exact) mass is 538 g/mol. The van der Waals surface area contributed by atoms with Gasteiger partial charge in [0.2, 0.25) is 10.0 Å². The maximum absolute atomic E-state index is 13.5. The normalized spacial score (nSPS) is 14.2. The molecular formula is C25H26N6O6S. The average molecular weight is 539 g/mol. The Morgan fingerprint density at radius 3 is 2.55 bits per heavy atom. The van der Waals surface area contributed by atoms with Gasteiger partial charge in [-0.2, -0.15) is 0 Å². The Balaban J connectivity index is 1.41. The Labute approximate surface area is 218 Å². The van der Waals surface area contributed by atoms with Crippen LogP contribution in [0.2, 0.25) is 0 Å². The summed E-state index contributed by atoms with van der Waals surface area (Å²) in [7, 11) is -3.89. The van der Waals surface area contributed by atoms with E-state index in [0.717, 1.165) is 31.2 Å². The number of nitro groups is 1. The Hall–Kier alpha value is -4.10. The second kappa shape index (κ2) is 10.3. The van der Waals surface area contributed by atoms with Crippen molar-refractivity contribution in [2.45, 2.75) is 57.1 Å². The van der Waals surface area contributed by atoms with E-state index in [4.69, 9.17) is 9.26 Å². The number of nitro benzene ring substituents is 1. The molecule has 2 heterocycles. The van der Waals surface area contributed by atoms with Crippen LogP contribution in [-0.4, -0.2) is 39.5 Å². The maximum Gasteiger partial charge on any atom is 0.269 e. The van der Waals surface area contributed by atoms with Gasteiger partial charge in [-0.1, -0.05) is 29.3 Å². The third-order valence-corrected chi connectivity index (χ3v) is 8.02. The van der Waals surface area contributed by atoms with Gasteiger partial charge in [-0.15, -0.1) is 5.10 Å². The number of aryl methyl sites for hydroxylation is 2. The predicted molar refractivity (Wildman–Crippen MR) is 136 cm³/mol. The van der Waals surface area contributed by atoms with E-state index in [1.807, 2.05) is 0 Å². The zero-order valence-electron chi connectivity index (χ0n) is 20.8. The summed E-state index contributed by atoms with van der Waals surface area (Å²) < 4.78 is 42.4. The van der Waals surface area contributed by atoms with E-state index in [0.29, 0.717) is 28.4 Å². The van der Waals surface area contributed by atoms with Crippen molar-refractivity contribution in [3.63, 3.8) is 0 Å². The van der Waals surface area contributed by atoms with Gasteiger partial charge in [0.1, 0.15) is 28.7 Å². The maximum atomic E-state index is 13.5. The zero-order chi connectivity index (χ0) is 26.9. The lowest BCUT2D eigenvalue weighted by molar-refractivity contribution is -0.384. The molecule has 1 aliphatic rings. The molecule has 13 heteroatoms. The molecule has 0 spiro atoms. The van der Waals surface area contributed by atoms with E-state index >= 15 is 0 Å². The van der Waals surface area contributed by atoms with Gasteiger partial charge in [0, 0.05) is 23.7 Å². The topological polar surface area (TPSA) is 155 Å². The van der Waals surface area contributed by atoms with Crippen molar-refractivity contribution in [1.82, 2.24) is 24.9 Å². The molecule has 0 amide bonds. The number of nitrogens with zero attached hydrogens (tertiary/aromatic N) is 5. The molecule has 4 aromatic rings. The van der Waals surface area contributed by atoms with E-state index in [1.165, 1.54) is 16.8 Å². The van der Waals surface area contributed by atoms with Crippen LogP contribution < -0.4 is 9.46 Å². The number of rotatable bonds is 9. The summed E-state index contributed by atoms with van der Waals surface area (Å²) in [6, 6.07) is 10.7. The molecular weight excluding hydrogens is 512 g/mol. The number of sulfonamides is 1. The predicted octanol–water partition coefficient (Wildman–Crippen LogP) is 4.25. The number of ether oxygens (including phenoxy) is 1. The summed E-state index contributed by atoms with van der Waals surface area (Å²) in [6.45, 7) is 3.54. The van der Waals surface area contributed by atoms with Crippen LogP contribution in [0, 0.1) is 24.0 Å².